The van der Waals surface area contributed by atoms with Gasteiger partial charge in [-0.05, 0) is 103 Å². The SMILES string of the molecule is c1ccc(-n2c3ccccc3c3c(-c4cccc(N(c5cc6ccccc6c6ccccc56)c5cc6ccccc6c6ccccc56)c4)c4ccccc4cc32)cc1. The summed E-state index contributed by atoms with van der Waals surface area (Å²) < 4.78 is 2.43. The van der Waals surface area contributed by atoms with Crippen molar-refractivity contribution in [2.24, 2.45) is 0 Å². The van der Waals surface area contributed by atoms with E-state index in [1.807, 2.05) is 0 Å². The minimum atomic E-state index is 1.10. The van der Waals surface area contributed by atoms with Crippen LogP contribution in [0.15, 0.2) is 218 Å². The van der Waals surface area contributed by atoms with Crippen molar-refractivity contribution < 1.29 is 0 Å². The maximum absolute atomic E-state index is 2.52. The van der Waals surface area contributed by atoms with Gasteiger partial charge in [-0.25, -0.2) is 0 Å². The Bertz CT molecular complexity index is 3460. The molecule has 0 spiro atoms. The Morgan fingerprint density at radius 2 is 0.793 bits per heavy atom. The maximum atomic E-state index is 2.52. The summed E-state index contributed by atoms with van der Waals surface area (Å²) in [5, 5.41) is 14.8. The van der Waals surface area contributed by atoms with E-state index < -0.39 is 0 Å². The maximum Gasteiger partial charge on any atom is 0.0553 e. The van der Waals surface area contributed by atoms with Gasteiger partial charge < -0.3 is 9.47 Å². The lowest BCUT2D eigenvalue weighted by Crippen LogP contribution is -2.11. The first-order chi connectivity index (χ1) is 28.8. The lowest BCUT2D eigenvalue weighted by Gasteiger charge is -2.30. The van der Waals surface area contributed by atoms with Crippen molar-refractivity contribution in [1.82, 2.24) is 4.57 Å². The molecule has 0 aliphatic heterocycles. The number of hydrogen-bond acceptors (Lipinski definition) is 1. The molecule has 0 saturated carbocycles. The molecule has 58 heavy (non-hydrogen) atoms. The average molecular weight is 737 g/mol. The number of nitrogens with zero attached hydrogens (tertiary/aromatic N) is 2. The number of fused-ring (bicyclic) bond motifs is 10. The number of anilines is 3. The molecule has 1 heterocycles. The summed E-state index contributed by atoms with van der Waals surface area (Å²) in [5.74, 6) is 0. The Kier molecular flexibility index (Phi) is 7.26. The molecular weight excluding hydrogens is 701 g/mol. The van der Waals surface area contributed by atoms with Crippen LogP contribution >= 0.6 is 0 Å². The van der Waals surface area contributed by atoms with Gasteiger partial charge in [0.15, 0.2) is 0 Å². The molecule has 0 aliphatic carbocycles. The van der Waals surface area contributed by atoms with Crippen LogP contribution in [0.4, 0.5) is 17.1 Å². The quantitative estimate of drug-likeness (QED) is 0.160. The molecule has 270 valence electrons. The standard InChI is InChI=1S/C56H36N2/c1-2-21-41(22-3-1)57-51-32-15-14-31-50(51)56-54(57)36-39-19-6-9-26-45(39)55(56)40-20-16-23-42(33-40)58(52-34-37-17-4-7-24-43(37)46-27-10-12-29-48(46)52)53-35-38-18-5-8-25-44(38)47-28-11-13-30-49(47)53/h1-36H. The first-order valence-corrected chi connectivity index (χ1v) is 20.0. The van der Waals surface area contributed by atoms with Gasteiger partial charge in [-0.2, -0.15) is 0 Å². The highest BCUT2D eigenvalue weighted by molar-refractivity contribution is 6.24. The smallest absolute Gasteiger partial charge is 0.0553 e. The molecule has 0 amide bonds. The number of hydrogen-bond donors (Lipinski definition) is 0. The summed E-state index contributed by atoms with van der Waals surface area (Å²) >= 11 is 0. The third-order valence-corrected chi connectivity index (χ3v) is 12.1. The van der Waals surface area contributed by atoms with E-state index in [1.54, 1.807) is 0 Å². The molecule has 0 atom stereocenters. The molecule has 12 rings (SSSR count). The van der Waals surface area contributed by atoms with E-state index in [4.69, 9.17) is 0 Å². The van der Waals surface area contributed by atoms with Crippen molar-refractivity contribution >= 4 is 92.7 Å². The second-order valence-corrected chi connectivity index (χ2v) is 15.3. The van der Waals surface area contributed by atoms with Gasteiger partial charge in [0.05, 0.1) is 22.4 Å². The number of aromatic nitrogens is 1. The van der Waals surface area contributed by atoms with Gasteiger partial charge >= 0.3 is 0 Å². The van der Waals surface area contributed by atoms with Crippen LogP contribution in [0.5, 0.6) is 0 Å². The summed E-state index contributed by atoms with van der Waals surface area (Å²) in [6.07, 6.45) is 0. The van der Waals surface area contributed by atoms with Gasteiger partial charge in [0.2, 0.25) is 0 Å². The van der Waals surface area contributed by atoms with E-state index in [2.05, 4.69) is 228 Å². The van der Waals surface area contributed by atoms with E-state index in [1.165, 1.54) is 86.8 Å². The van der Waals surface area contributed by atoms with Gasteiger partial charge in [-0.3, -0.25) is 0 Å². The highest BCUT2D eigenvalue weighted by Gasteiger charge is 2.23. The number of benzene rings is 11. The fraction of sp³-hybridized carbons (Fsp3) is 0. The van der Waals surface area contributed by atoms with Crippen LogP contribution in [0.2, 0.25) is 0 Å². The Morgan fingerprint density at radius 1 is 0.310 bits per heavy atom. The van der Waals surface area contributed by atoms with Crippen molar-refractivity contribution in [3.63, 3.8) is 0 Å². The predicted octanol–water partition coefficient (Wildman–Crippen LogP) is 15.7. The lowest BCUT2D eigenvalue weighted by atomic mass is 9.92. The second kappa shape index (κ2) is 12.9. The molecule has 2 nitrogen and oxygen atoms in total. The largest absolute Gasteiger partial charge is 0.309 e. The molecule has 0 N–H and O–H groups in total. The zero-order chi connectivity index (χ0) is 38.2. The van der Waals surface area contributed by atoms with Crippen molar-refractivity contribution in [1.29, 1.82) is 0 Å². The van der Waals surface area contributed by atoms with Crippen LogP contribution in [0.25, 0.3) is 92.5 Å². The second-order valence-electron chi connectivity index (χ2n) is 15.3. The van der Waals surface area contributed by atoms with Crippen molar-refractivity contribution in [2.75, 3.05) is 4.90 Å². The van der Waals surface area contributed by atoms with Gasteiger partial charge in [0.25, 0.3) is 0 Å². The van der Waals surface area contributed by atoms with E-state index >= 15 is 0 Å². The molecule has 0 radical (unpaired) electrons. The Morgan fingerprint density at radius 3 is 1.41 bits per heavy atom. The molecule has 0 unspecified atom stereocenters. The molecule has 11 aromatic carbocycles. The topological polar surface area (TPSA) is 8.17 Å². The van der Waals surface area contributed by atoms with Crippen LogP contribution in [0.1, 0.15) is 0 Å². The van der Waals surface area contributed by atoms with Gasteiger partial charge in [-0.1, -0.05) is 170 Å². The zero-order valence-electron chi connectivity index (χ0n) is 31.7. The molecule has 2 heteroatoms. The highest BCUT2D eigenvalue weighted by Crippen LogP contribution is 2.48. The molecule has 0 saturated heterocycles. The number of para-hydroxylation sites is 2. The lowest BCUT2D eigenvalue weighted by molar-refractivity contribution is 1.18. The summed E-state index contributed by atoms with van der Waals surface area (Å²) in [6, 6.07) is 80.2. The van der Waals surface area contributed by atoms with Crippen LogP contribution < -0.4 is 4.90 Å². The van der Waals surface area contributed by atoms with Crippen LogP contribution in [0, 0.1) is 0 Å². The van der Waals surface area contributed by atoms with Gasteiger partial charge in [0, 0.05) is 32.9 Å². The van der Waals surface area contributed by atoms with E-state index in [9.17, 15) is 0 Å². The third kappa shape index (κ3) is 4.92. The number of rotatable bonds is 5. The van der Waals surface area contributed by atoms with E-state index in [0.29, 0.717) is 0 Å². The van der Waals surface area contributed by atoms with Crippen LogP contribution in [-0.2, 0) is 0 Å². The molecule has 0 fully saturated rings. The average Bonchev–Trinajstić information content (AvgIpc) is 3.62. The Balaban J connectivity index is 1.20. The normalized spacial score (nSPS) is 11.8. The van der Waals surface area contributed by atoms with Crippen molar-refractivity contribution in [3.05, 3.63) is 218 Å². The van der Waals surface area contributed by atoms with Gasteiger partial charge in [-0.15, -0.1) is 0 Å². The predicted molar refractivity (Wildman–Crippen MR) is 248 cm³/mol. The minimum Gasteiger partial charge on any atom is -0.309 e. The molecule has 0 aliphatic rings. The molecule has 1 aromatic heterocycles. The Hall–Kier alpha value is -7.68. The van der Waals surface area contributed by atoms with Crippen LogP contribution in [0.3, 0.4) is 0 Å². The molecule has 12 aromatic rings. The van der Waals surface area contributed by atoms with Crippen molar-refractivity contribution in [3.8, 4) is 16.8 Å². The monoisotopic (exact) mass is 736 g/mol. The Labute approximate surface area is 336 Å². The summed E-state index contributed by atoms with van der Waals surface area (Å²) in [5.41, 5.74) is 9.37. The van der Waals surface area contributed by atoms with Crippen molar-refractivity contribution in [2.45, 2.75) is 0 Å². The zero-order valence-corrected chi connectivity index (χ0v) is 31.7. The first kappa shape index (κ1) is 32.6. The highest BCUT2D eigenvalue weighted by atomic mass is 15.1. The van der Waals surface area contributed by atoms with E-state index in [0.717, 1.165) is 22.7 Å². The minimum absolute atomic E-state index is 1.10. The molecule has 0 bridgehead atoms. The summed E-state index contributed by atoms with van der Waals surface area (Å²) in [4.78, 5) is 2.52. The van der Waals surface area contributed by atoms with E-state index in [-0.39, 0.29) is 0 Å². The fourth-order valence-electron chi connectivity index (χ4n) is 9.59. The van der Waals surface area contributed by atoms with Crippen LogP contribution in [-0.4, -0.2) is 4.57 Å². The van der Waals surface area contributed by atoms with Gasteiger partial charge in [0.1, 0.15) is 0 Å². The molecular formula is C56H36N2. The first-order valence-electron chi connectivity index (χ1n) is 20.0. The fourth-order valence-corrected chi connectivity index (χ4v) is 9.59. The third-order valence-electron chi connectivity index (χ3n) is 12.1. The summed E-state index contributed by atoms with van der Waals surface area (Å²) in [6.45, 7) is 0. The summed E-state index contributed by atoms with van der Waals surface area (Å²) in [7, 11) is 0.